The zero-order valence-corrected chi connectivity index (χ0v) is 10.1. The van der Waals surface area contributed by atoms with Gasteiger partial charge in [0.15, 0.2) is 4.67 Å². The van der Waals surface area contributed by atoms with Crippen LogP contribution in [0.3, 0.4) is 0 Å². The Morgan fingerprint density at radius 1 is 1.54 bits per heavy atom. The lowest BCUT2D eigenvalue weighted by Crippen LogP contribution is -1.95. The summed E-state index contributed by atoms with van der Waals surface area (Å²) < 4.78 is 6.83. The van der Waals surface area contributed by atoms with Crippen molar-refractivity contribution in [1.29, 1.82) is 0 Å². The Morgan fingerprint density at radius 2 is 2.23 bits per heavy atom. The third-order valence-corrected chi connectivity index (χ3v) is 3.96. The number of rotatable bonds is 3. The molecule has 0 aliphatic heterocycles. The fourth-order valence-corrected chi connectivity index (χ4v) is 1.92. The summed E-state index contributed by atoms with van der Waals surface area (Å²) in [6.45, 7) is 0. The molecule has 1 N–H and O–H groups in total. The predicted octanol–water partition coefficient (Wildman–Crippen LogP) is 3.64. The predicted molar refractivity (Wildman–Crippen MR) is 56.4 cm³/mol. The van der Waals surface area contributed by atoms with Crippen molar-refractivity contribution < 1.29 is 9.52 Å². The highest BCUT2D eigenvalue weighted by atomic mass is 79.9. The van der Waals surface area contributed by atoms with Crippen LogP contribution < -0.4 is 0 Å². The summed E-state index contributed by atoms with van der Waals surface area (Å²) in [5.74, 6) is 1.35. The lowest BCUT2D eigenvalue weighted by Gasteiger charge is -2.04. The van der Waals surface area contributed by atoms with E-state index in [0.29, 0.717) is 16.3 Å². The first-order chi connectivity index (χ1) is 6.16. The van der Waals surface area contributed by atoms with Gasteiger partial charge < -0.3 is 9.52 Å². The van der Waals surface area contributed by atoms with Crippen LogP contribution in [0.5, 0.6) is 0 Å². The molecule has 0 spiro atoms. The quantitative estimate of drug-likeness (QED) is 0.925. The minimum atomic E-state index is -0.449. The Morgan fingerprint density at radius 3 is 2.69 bits per heavy atom. The van der Waals surface area contributed by atoms with Crippen LogP contribution in [-0.2, 0) is 0 Å². The molecule has 0 aromatic carbocycles. The molecule has 1 unspecified atom stereocenters. The van der Waals surface area contributed by atoms with Crippen LogP contribution in [-0.4, -0.2) is 5.11 Å². The van der Waals surface area contributed by atoms with Gasteiger partial charge in [0.2, 0.25) is 0 Å². The molecule has 72 valence electrons. The zero-order chi connectivity index (χ0) is 9.42. The number of hydrogen-bond acceptors (Lipinski definition) is 2. The van der Waals surface area contributed by atoms with Gasteiger partial charge in [-0.2, -0.15) is 0 Å². The van der Waals surface area contributed by atoms with E-state index in [9.17, 15) is 5.11 Å². The van der Waals surface area contributed by atoms with E-state index in [1.54, 1.807) is 0 Å². The molecule has 0 saturated heterocycles. The first-order valence-corrected chi connectivity index (χ1v) is 5.88. The topological polar surface area (TPSA) is 33.4 Å². The molecule has 4 heteroatoms. The summed E-state index contributed by atoms with van der Waals surface area (Å²) in [5.41, 5.74) is 0. The third kappa shape index (κ3) is 2.36. The van der Waals surface area contributed by atoms with Crippen molar-refractivity contribution in [3.63, 3.8) is 0 Å². The first kappa shape index (κ1) is 9.74. The van der Waals surface area contributed by atoms with Gasteiger partial charge in [0.25, 0.3) is 0 Å². The molecule has 0 radical (unpaired) electrons. The average molecular weight is 310 g/mol. The maximum absolute atomic E-state index is 9.73. The molecule has 2 nitrogen and oxygen atoms in total. The lowest BCUT2D eigenvalue weighted by atomic mass is 10.1. The number of aliphatic hydroxyl groups excluding tert-OH is 1. The summed E-state index contributed by atoms with van der Waals surface area (Å²) in [5, 5.41) is 9.73. The molecule has 2 rings (SSSR count). The monoisotopic (exact) mass is 308 g/mol. The van der Waals surface area contributed by atoms with E-state index in [1.807, 2.05) is 6.07 Å². The molecule has 1 aliphatic carbocycles. The van der Waals surface area contributed by atoms with Crippen molar-refractivity contribution in [2.75, 3.05) is 0 Å². The SMILES string of the molecule is OC(CC1CC1)c1cc(Br)c(Br)o1. The van der Waals surface area contributed by atoms with Gasteiger partial charge in [0, 0.05) is 0 Å². The fraction of sp³-hybridized carbons (Fsp3) is 0.556. The summed E-state index contributed by atoms with van der Waals surface area (Å²) >= 11 is 6.56. The number of hydrogen-bond donors (Lipinski definition) is 1. The molecule has 1 aliphatic rings. The van der Waals surface area contributed by atoms with Crippen molar-refractivity contribution in [3.05, 3.63) is 21.0 Å². The summed E-state index contributed by atoms with van der Waals surface area (Å²) in [4.78, 5) is 0. The molecule has 1 atom stereocenters. The van der Waals surface area contributed by atoms with E-state index < -0.39 is 6.10 Å². The Labute approximate surface area is 93.6 Å². The maximum atomic E-state index is 9.73. The van der Waals surface area contributed by atoms with Gasteiger partial charge in [-0.1, -0.05) is 12.8 Å². The molecular weight excluding hydrogens is 300 g/mol. The lowest BCUT2D eigenvalue weighted by molar-refractivity contribution is 0.132. The second kappa shape index (κ2) is 3.75. The van der Waals surface area contributed by atoms with Crippen LogP contribution in [0.1, 0.15) is 31.1 Å². The van der Waals surface area contributed by atoms with Gasteiger partial charge in [-0.05, 0) is 50.3 Å². The molecular formula is C9H10Br2O2. The molecule has 1 fully saturated rings. The van der Waals surface area contributed by atoms with Gasteiger partial charge >= 0.3 is 0 Å². The van der Waals surface area contributed by atoms with Gasteiger partial charge in [-0.15, -0.1) is 0 Å². The Bertz CT molecular complexity index is 285. The second-order valence-corrected chi connectivity index (χ2v) is 5.04. The van der Waals surface area contributed by atoms with E-state index in [-0.39, 0.29) is 0 Å². The maximum Gasteiger partial charge on any atom is 0.183 e. The van der Waals surface area contributed by atoms with Crippen molar-refractivity contribution in [2.24, 2.45) is 5.92 Å². The molecule has 0 amide bonds. The Hall–Kier alpha value is 0.200. The van der Waals surface area contributed by atoms with Gasteiger partial charge in [0.05, 0.1) is 4.47 Å². The van der Waals surface area contributed by atoms with Gasteiger partial charge in [0.1, 0.15) is 11.9 Å². The Balaban J connectivity index is 2.05. The normalized spacial score (nSPS) is 19.0. The van der Waals surface area contributed by atoms with E-state index in [2.05, 4.69) is 31.9 Å². The van der Waals surface area contributed by atoms with Crippen LogP contribution in [0.4, 0.5) is 0 Å². The highest BCUT2D eigenvalue weighted by Crippen LogP contribution is 2.39. The van der Waals surface area contributed by atoms with Crippen LogP contribution in [0.15, 0.2) is 19.6 Å². The zero-order valence-electron chi connectivity index (χ0n) is 6.96. The molecule has 1 aromatic rings. The summed E-state index contributed by atoms with van der Waals surface area (Å²) in [7, 11) is 0. The van der Waals surface area contributed by atoms with Crippen molar-refractivity contribution in [2.45, 2.75) is 25.4 Å². The standard InChI is InChI=1S/C9H10Br2O2/c10-6-4-8(13-9(6)11)7(12)3-5-1-2-5/h4-5,7,12H,1-3H2. The van der Waals surface area contributed by atoms with E-state index in [4.69, 9.17) is 4.42 Å². The van der Waals surface area contributed by atoms with E-state index in [1.165, 1.54) is 12.8 Å². The minimum Gasteiger partial charge on any atom is -0.450 e. The van der Waals surface area contributed by atoms with Crippen LogP contribution in [0.25, 0.3) is 0 Å². The molecule has 1 heterocycles. The van der Waals surface area contributed by atoms with Crippen molar-refractivity contribution in [3.8, 4) is 0 Å². The largest absolute Gasteiger partial charge is 0.450 e. The second-order valence-electron chi connectivity index (χ2n) is 3.47. The van der Waals surface area contributed by atoms with E-state index >= 15 is 0 Å². The van der Waals surface area contributed by atoms with Crippen molar-refractivity contribution in [1.82, 2.24) is 0 Å². The Kier molecular flexibility index (Phi) is 2.81. The smallest absolute Gasteiger partial charge is 0.183 e. The molecule has 1 aromatic heterocycles. The summed E-state index contributed by atoms with van der Waals surface area (Å²) in [6, 6.07) is 1.82. The van der Waals surface area contributed by atoms with E-state index in [0.717, 1.165) is 10.9 Å². The number of aliphatic hydroxyl groups is 1. The molecule has 1 saturated carbocycles. The minimum absolute atomic E-state index is 0.449. The first-order valence-electron chi connectivity index (χ1n) is 4.29. The van der Waals surface area contributed by atoms with Crippen molar-refractivity contribution >= 4 is 31.9 Å². The highest BCUT2D eigenvalue weighted by Gasteiger charge is 2.27. The fourth-order valence-electron chi connectivity index (χ4n) is 1.31. The summed E-state index contributed by atoms with van der Waals surface area (Å²) in [6.07, 6.45) is 2.88. The molecule has 13 heavy (non-hydrogen) atoms. The number of furan rings is 1. The highest BCUT2D eigenvalue weighted by molar-refractivity contribution is 9.13. The van der Waals surface area contributed by atoms with Gasteiger partial charge in [-0.3, -0.25) is 0 Å². The van der Waals surface area contributed by atoms with Crippen LogP contribution >= 0.6 is 31.9 Å². The third-order valence-electron chi connectivity index (χ3n) is 2.25. The van der Waals surface area contributed by atoms with Crippen LogP contribution in [0.2, 0.25) is 0 Å². The molecule has 0 bridgehead atoms. The van der Waals surface area contributed by atoms with Crippen LogP contribution in [0, 0.1) is 5.92 Å². The average Bonchev–Trinajstić information content (AvgIpc) is 2.81. The van der Waals surface area contributed by atoms with Gasteiger partial charge in [-0.25, -0.2) is 0 Å². The number of halogens is 2.